The molecule has 4 heteroatoms. The molecule has 0 unspecified atom stereocenters. The number of halogens is 1. The third-order valence-electron chi connectivity index (χ3n) is 3.26. The molecule has 17 heavy (non-hydrogen) atoms. The van der Waals surface area contributed by atoms with Crippen LogP contribution in [0, 0.1) is 5.82 Å². The lowest BCUT2D eigenvalue weighted by molar-refractivity contribution is -0.131. The van der Waals surface area contributed by atoms with Gasteiger partial charge < -0.3 is 10.6 Å². The first kappa shape index (κ1) is 12.0. The molecule has 1 fully saturated rings. The number of nitrogens with two attached hydrogens (primary N) is 1. The predicted octanol–water partition coefficient (Wildman–Crippen LogP) is 1.49. The molecule has 1 amide bonds. The second-order valence-electron chi connectivity index (χ2n) is 4.61. The molecular weight excluding hydrogens is 219 g/mol. The van der Waals surface area contributed by atoms with E-state index in [1.165, 1.54) is 12.1 Å². The quantitative estimate of drug-likeness (QED) is 0.845. The Balaban J connectivity index is 2.09. The fourth-order valence-corrected chi connectivity index (χ4v) is 2.18. The number of amides is 1. The third-order valence-corrected chi connectivity index (χ3v) is 3.26. The summed E-state index contributed by atoms with van der Waals surface area (Å²) in [5, 5.41) is 0. The Morgan fingerprint density at radius 3 is 2.94 bits per heavy atom. The van der Waals surface area contributed by atoms with Crippen molar-refractivity contribution in [3.8, 4) is 0 Å². The van der Waals surface area contributed by atoms with Gasteiger partial charge in [-0.1, -0.05) is 12.1 Å². The molecule has 3 nitrogen and oxygen atoms in total. The molecule has 2 rings (SSSR count). The molecule has 0 aliphatic carbocycles. The minimum Gasteiger partial charge on any atom is -0.341 e. The summed E-state index contributed by atoms with van der Waals surface area (Å²) in [6, 6.07) is 6.29. The number of carbonyl (C=O) groups is 1. The van der Waals surface area contributed by atoms with Crippen LogP contribution in [0.5, 0.6) is 0 Å². The van der Waals surface area contributed by atoms with Gasteiger partial charge in [0.05, 0.1) is 5.92 Å². The summed E-state index contributed by atoms with van der Waals surface area (Å²) in [4.78, 5) is 13.9. The maximum absolute atomic E-state index is 13.1. The van der Waals surface area contributed by atoms with Crippen molar-refractivity contribution in [3.05, 3.63) is 35.6 Å². The number of rotatable bonds is 2. The van der Waals surface area contributed by atoms with Gasteiger partial charge in [-0.05, 0) is 31.0 Å². The average molecular weight is 236 g/mol. The summed E-state index contributed by atoms with van der Waals surface area (Å²) in [6.45, 7) is 3.12. The third kappa shape index (κ3) is 2.64. The second kappa shape index (κ2) is 4.84. The minimum atomic E-state index is -0.309. The predicted molar refractivity (Wildman–Crippen MR) is 64.0 cm³/mol. The van der Waals surface area contributed by atoms with Crippen molar-refractivity contribution in [2.75, 3.05) is 13.1 Å². The molecule has 92 valence electrons. The van der Waals surface area contributed by atoms with E-state index in [1.807, 2.05) is 0 Å². The summed E-state index contributed by atoms with van der Waals surface area (Å²) in [5.41, 5.74) is 6.49. The molecule has 0 radical (unpaired) electrons. The lowest BCUT2D eigenvalue weighted by atomic mass is 10.00. The molecule has 0 aromatic heterocycles. The Morgan fingerprint density at radius 2 is 2.35 bits per heavy atom. The van der Waals surface area contributed by atoms with Gasteiger partial charge in [-0.25, -0.2) is 4.39 Å². The molecule has 1 aliphatic heterocycles. The molecule has 1 aliphatic rings. The van der Waals surface area contributed by atoms with Gasteiger partial charge in [-0.2, -0.15) is 0 Å². The molecule has 1 heterocycles. The van der Waals surface area contributed by atoms with E-state index in [1.54, 1.807) is 24.0 Å². The van der Waals surface area contributed by atoms with Gasteiger partial charge in [0, 0.05) is 19.1 Å². The number of likely N-dealkylation sites (tertiary alicyclic amines) is 1. The zero-order chi connectivity index (χ0) is 12.4. The normalized spacial score (nSPS) is 21.6. The topological polar surface area (TPSA) is 46.3 Å². The van der Waals surface area contributed by atoms with Crippen LogP contribution in [0.3, 0.4) is 0 Å². The largest absolute Gasteiger partial charge is 0.341 e. The lowest BCUT2D eigenvalue weighted by Gasteiger charge is -2.20. The van der Waals surface area contributed by atoms with E-state index in [0.29, 0.717) is 13.1 Å². The Bertz CT molecular complexity index is 422. The summed E-state index contributed by atoms with van der Waals surface area (Å²) < 4.78 is 13.1. The molecule has 0 spiro atoms. The van der Waals surface area contributed by atoms with E-state index in [-0.39, 0.29) is 23.7 Å². The van der Waals surface area contributed by atoms with E-state index in [9.17, 15) is 9.18 Å². The van der Waals surface area contributed by atoms with Crippen LogP contribution < -0.4 is 5.73 Å². The fraction of sp³-hybridized carbons (Fsp3) is 0.462. The number of carbonyl (C=O) groups excluding carboxylic acids is 1. The van der Waals surface area contributed by atoms with E-state index in [4.69, 9.17) is 5.73 Å². The standard InChI is InChI=1S/C13H17FN2O/c1-9(10-3-2-4-11(14)7-10)13(17)16-6-5-12(15)8-16/h2-4,7,9,12H,5-6,8,15H2,1H3/t9-,12-/m0/s1. The smallest absolute Gasteiger partial charge is 0.229 e. The highest BCUT2D eigenvalue weighted by molar-refractivity contribution is 5.83. The molecule has 0 saturated carbocycles. The van der Waals surface area contributed by atoms with Crippen molar-refractivity contribution >= 4 is 5.91 Å². The molecule has 1 saturated heterocycles. The van der Waals surface area contributed by atoms with Crippen LogP contribution in [0.25, 0.3) is 0 Å². The summed E-state index contributed by atoms with van der Waals surface area (Å²) in [5.74, 6) is -0.583. The van der Waals surface area contributed by atoms with Gasteiger partial charge >= 0.3 is 0 Å². The number of nitrogens with zero attached hydrogens (tertiary/aromatic N) is 1. The first-order chi connectivity index (χ1) is 8.08. The summed E-state index contributed by atoms with van der Waals surface area (Å²) >= 11 is 0. The SMILES string of the molecule is C[C@H](C(=O)N1CC[C@H](N)C1)c1cccc(F)c1. The van der Waals surface area contributed by atoms with Crippen LogP contribution >= 0.6 is 0 Å². The second-order valence-corrected chi connectivity index (χ2v) is 4.61. The molecule has 1 aromatic rings. The van der Waals surface area contributed by atoms with Crippen LogP contribution in [0.2, 0.25) is 0 Å². The van der Waals surface area contributed by atoms with Gasteiger partial charge in [0.15, 0.2) is 0 Å². The minimum absolute atomic E-state index is 0.0311. The summed E-state index contributed by atoms with van der Waals surface area (Å²) in [6.07, 6.45) is 0.849. The molecular formula is C13H17FN2O. The number of hydrogen-bond donors (Lipinski definition) is 1. The zero-order valence-corrected chi connectivity index (χ0v) is 9.90. The van der Waals surface area contributed by atoms with Crippen LogP contribution in [0.4, 0.5) is 4.39 Å². The van der Waals surface area contributed by atoms with Crippen molar-refractivity contribution in [2.24, 2.45) is 5.73 Å². The van der Waals surface area contributed by atoms with Gasteiger partial charge in [0.2, 0.25) is 5.91 Å². The Labute approximate surface area is 100 Å². The lowest BCUT2D eigenvalue weighted by Crippen LogP contribution is -2.34. The van der Waals surface area contributed by atoms with Crippen molar-refractivity contribution in [3.63, 3.8) is 0 Å². The van der Waals surface area contributed by atoms with E-state index in [0.717, 1.165) is 12.0 Å². The zero-order valence-electron chi connectivity index (χ0n) is 9.90. The highest BCUT2D eigenvalue weighted by atomic mass is 19.1. The molecule has 2 atom stereocenters. The van der Waals surface area contributed by atoms with E-state index in [2.05, 4.69) is 0 Å². The van der Waals surface area contributed by atoms with Crippen molar-refractivity contribution < 1.29 is 9.18 Å². The molecule has 0 bridgehead atoms. The van der Waals surface area contributed by atoms with E-state index < -0.39 is 0 Å². The van der Waals surface area contributed by atoms with Gasteiger partial charge in [-0.3, -0.25) is 4.79 Å². The maximum Gasteiger partial charge on any atom is 0.229 e. The average Bonchev–Trinajstić information content (AvgIpc) is 2.74. The van der Waals surface area contributed by atoms with Gasteiger partial charge in [0.1, 0.15) is 5.82 Å². The van der Waals surface area contributed by atoms with E-state index >= 15 is 0 Å². The Morgan fingerprint density at radius 1 is 1.59 bits per heavy atom. The van der Waals surface area contributed by atoms with Crippen molar-refractivity contribution in [1.29, 1.82) is 0 Å². The monoisotopic (exact) mass is 236 g/mol. The van der Waals surface area contributed by atoms with Crippen LogP contribution in [0.1, 0.15) is 24.8 Å². The van der Waals surface area contributed by atoms with Gasteiger partial charge in [-0.15, -0.1) is 0 Å². The maximum atomic E-state index is 13.1. The van der Waals surface area contributed by atoms with Crippen LogP contribution in [0.15, 0.2) is 24.3 Å². The first-order valence-electron chi connectivity index (χ1n) is 5.88. The van der Waals surface area contributed by atoms with Crippen molar-refractivity contribution in [1.82, 2.24) is 4.90 Å². The van der Waals surface area contributed by atoms with Crippen LogP contribution in [-0.4, -0.2) is 29.9 Å². The highest BCUT2D eigenvalue weighted by Crippen LogP contribution is 2.21. The number of benzene rings is 1. The first-order valence-corrected chi connectivity index (χ1v) is 5.88. The number of hydrogen-bond acceptors (Lipinski definition) is 2. The van der Waals surface area contributed by atoms with Gasteiger partial charge in [0.25, 0.3) is 0 Å². The Hall–Kier alpha value is -1.42. The van der Waals surface area contributed by atoms with Crippen molar-refractivity contribution in [2.45, 2.75) is 25.3 Å². The van der Waals surface area contributed by atoms with Crippen LogP contribution in [-0.2, 0) is 4.79 Å². The Kier molecular flexibility index (Phi) is 3.43. The highest BCUT2D eigenvalue weighted by Gasteiger charge is 2.27. The molecule has 2 N–H and O–H groups in total. The molecule has 1 aromatic carbocycles. The fourth-order valence-electron chi connectivity index (χ4n) is 2.18. The summed E-state index contributed by atoms with van der Waals surface area (Å²) in [7, 11) is 0.